The number of benzene rings is 1. The molecule has 1 aromatic carbocycles. The SMILES string of the molecule is CCNC(c1cc(OC)c(OC)cc1Cl)C(C)CC. The Morgan fingerprint density at radius 2 is 1.74 bits per heavy atom. The maximum absolute atomic E-state index is 6.39. The van der Waals surface area contributed by atoms with Crippen LogP contribution in [0.1, 0.15) is 38.8 Å². The van der Waals surface area contributed by atoms with Gasteiger partial charge in [0.2, 0.25) is 0 Å². The smallest absolute Gasteiger partial charge is 0.162 e. The summed E-state index contributed by atoms with van der Waals surface area (Å²) in [5.74, 6) is 1.87. The molecule has 0 heterocycles. The van der Waals surface area contributed by atoms with Crippen LogP contribution in [0.4, 0.5) is 0 Å². The van der Waals surface area contributed by atoms with Gasteiger partial charge in [-0.2, -0.15) is 0 Å². The average Bonchev–Trinajstić information content (AvgIpc) is 2.44. The van der Waals surface area contributed by atoms with Crippen LogP contribution in [0, 0.1) is 5.92 Å². The van der Waals surface area contributed by atoms with Gasteiger partial charge in [0.25, 0.3) is 0 Å². The lowest BCUT2D eigenvalue weighted by atomic mass is 9.92. The van der Waals surface area contributed by atoms with Crippen molar-refractivity contribution in [2.45, 2.75) is 33.2 Å². The Labute approximate surface area is 121 Å². The number of nitrogens with one attached hydrogen (secondary N) is 1. The second-order valence-corrected chi connectivity index (χ2v) is 5.06. The second-order valence-electron chi connectivity index (χ2n) is 4.65. The highest BCUT2D eigenvalue weighted by Crippen LogP contribution is 2.38. The van der Waals surface area contributed by atoms with Gasteiger partial charge in [0, 0.05) is 17.1 Å². The van der Waals surface area contributed by atoms with Gasteiger partial charge in [-0.3, -0.25) is 0 Å². The van der Waals surface area contributed by atoms with E-state index in [1.165, 1.54) is 0 Å². The quantitative estimate of drug-likeness (QED) is 0.820. The first kappa shape index (κ1) is 16.1. The summed E-state index contributed by atoms with van der Waals surface area (Å²) in [6.07, 6.45) is 1.09. The van der Waals surface area contributed by atoms with Crippen molar-refractivity contribution in [1.29, 1.82) is 0 Å². The fourth-order valence-electron chi connectivity index (χ4n) is 2.18. The van der Waals surface area contributed by atoms with Crippen LogP contribution in [0.15, 0.2) is 12.1 Å². The highest BCUT2D eigenvalue weighted by Gasteiger charge is 2.21. The zero-order valence-corrected chi connectivity index (χ0v) is 13.2. The van der Waals surface area contributed by atoms with Crippen LogP contribution in [-0.4, -0.2) is 20.8 Å². The zero-order valence-electron chi connectivity index (χ0n) is 12.4. The van der Waals surface area contributed by atoms with Crippen LogP contribution in [0.25, 0.3) is 0 Å². The molecule has 0 spiro atoms. The maximum atomic E-state index is 6.39. The maximum Gasteiger partial charge on any atom is 0.162 e. The first-order valence-corrected chi connectivity index (χ1v) is 7.11. The van der Waals surface area contributed by atoms with Gasteiger partial charge in [-0.05, 0) is 24.1 Å². The molecule has 0 aliphatic carbocycles. The Bertz CT molecular complexity index is 409. The minimum absolute atomic E-state index is 0.224. The van der Waals surface area contributed by atoms with Gasteiger partial charge in [0.15, 0.2) is 11.5 Å². The Morgan fingerprint density at radius 1 is 1.16 bits per heavy atom. The van der Waals surface area contributed by atoms with Gasteiger partial charge in [0.05, 0.1) is 14.2 Å². The molecule has 108 valence electrons. The third-order valence-electron chi connectivity index (χ3n) is 3.47. The topological polar surface area (TPSA) is 30.5 Å². The van der Waals surface area contributed by atoms with E-state index in [1.807, 2.05) is 12.1 Å². The molecular weight excluding hydrogens is 262 g/mol. The molecule has 0 aliphatic rings. The number of rotatable bonds is 7. The van der Waals surface area contributed by atoms with Gasteiger partial charge in [-0.1, -0.05) is 38.8 Å². The molecule has 0 aromatic heterocycles. The third-order valence-corrected chi connectivity index (χ3v) is 3.80. The number of methoxy groups -OCH3 is 2. The van der Waals surface area contributed by atoms with E-state index >= 15 is 0 Å². The lowest BCUT2D eigenvalue weighted by Gasteiger charge is -2.26. The summed E-state index contributed by atoms with van der Waals surface area (Å²) in [5.41, 5.74) is 1.07. The van der Waals surface area contributed by atoms with E-state index in [2.05, 4.69) is 26.1 Å². The van der Waals surface area contributed by atoms with Crippen LogP contribution >= 0.6 is 11.6 Å². The summed E-state index contributed by atoms with van der Waals surface area (Å²) in [6, 6.07) is 4.02. The minimum Gasteiger partial charge on any atom is -0.493 e. The molecule has 0 amide bonds. The second kappa shape index (κ2) is 7.61. The fraction of sp³-hybridized carbons (Fsp3) is 0.600. The standard InChI is InChI=1S/C15H24ClNO2/c1-6-10(3)15(17-7-2)11-8-13(18-4)14(19-5)9-12(11)16/h8-10,15,17H,6-7H2,1-5H3. The van der Waals surface area contributed by atoms with Crippen molar-refractivity contribution in [3.05, 3.63) is 22.7 Å². The van der Waals surface area contributed by atoms with Gasteiger partial charge in [0.1, 0.15) is 0 Å². The van der Waals surface area contributed by atoms with E-state index in [0.717, 1.165) is 18.5 Å². The van der Waals surface area contributed by atoms with Gasteiger partial charge < -0.3 is 14.8 Å². The third kappa shape index (κ3) is 3.77. The largest absolute Gasteiger partial charge is 0.493 e. The molecular formula is C15H24ClNO2. The molecule has 0 radical (unpaired) electrons. The van der Waals surface area contributed by atoms with Crippen LogP contribution < -0.4 is 14.8 Å². The molecule has 0 bridgehead atoms. The molecule has 0 aliphatic heterocycles. The molecule has 19 heavy (non-hydrogen) atoms. The molecule has 2 atom stereocenters. The highest BCUT2D eigenvalue weighted by atomic mass is 35.5. The van der Waals surface area contributed by atoms with E-state index < -0.39 is 0 Å². The van der Waals surface area contributed by atoms with Gasteiger partial charge >= 0.3 is 0 Å². The molecule has 1 N–H and O–H groups in total. The molecule has 1 aromatic rings. The van der Waals surface area contributed by atoms with Gasteiger partial charge in [-0.25, -0.2) is 0 Å². The summed E-state index contributed by atoms with van der Waals surface area (Å²) >= 11 is 6.39. The summed E-state index contributed by atoms with van der Waals surface area (Å²) in [6.45, 7) is 7.41. The van der Waals surface area contributed by atoms with Crippen molar-refractivity contribution in [3.63, 3.8) is 0 Å². The lowest BCUT2D eigenvalue weighted by molar-refractivity contribution is 0.349. The molecule has 1 rings (SSSR count). The molecule has 0 fully saturated rings. The van der Waals surface area contributed by atoms with Crippen LogP contribution in [0.2, 0.25) is 5.02 Å². The van der Waals surface area contributed by atoms with Crippen molar-refractivity contribution in [2.24, 2.45) is 5.92 Å². The van der Waals surface area contributed by atoms with E-state index in [0.29, 0.717) is 22.4 Å². The van der Waals surface area contributed by atoms with Crippen molar-refractivity contribution in [1.82, 2.24) is 5.32 Å². The average molecular weight is 286 g/mol. The zero-order chi connectivity index (χ0) is 14.4. The summed E-state index contributed by atoms with van der Waals surface area (Å²) in [4.78, 5) is 0. The predicted octanol–water partition coefficient (Wildman–Crippen LogP) is 4.05. The Kier molecular flexibility index (Phi) is 6.46. The highest BCUT2D eigenvalue weighted by molar-refractivity contribution is 6.31. The van der Waals surface area contributed by atoms with Crippen molar-refractivity contribution in [2.75, 3.05) is 20.8 Å². The van der Waals surface area contributed by atoms with Crippen LogP contribution in [0.5, 0.6) is 11.5 Å². The Hall–Kier alpha value is -0.930. The molecule has 2 unspecified atom stereocenters. The predicted molar refractivity (Wildman–Crippen MR) is 80.4 cm³/mol. The van der Waals surface area contributed by atoms with Crippen LogP contribution in [-0.2, 0) is 0 Å². The van der Waals surface area contributed by atoms with E-state index in [1.54, 1.807) is 14.2 Å². The van der Waals surface area contributed by atoms with Crippen molar-refractivity contribution < 1.29 is 9.47 Å². The lowest BCUT2D eigenvalue weighted by Crippen LogP contribution is -2.26. The molecule has 0 saturated heterocycles. The van der Waals surface area contributed by atoms with Gasteiger partial charge in [-0.15, -0.1) is 0 Å². The fourth-order valence-corrected chi connectivity index (χ4v) is 2.45. The summed E-state index contributed by atoms with van der Waals surface area (Å²) in [5, 5.41) is 4.21. The Morgan fingerprint density at radius 3 is 2.21 bits per heavy atom. The summed E-state index contributed by atoms with van der Waals surface area (Å²) in [7, 11) is 3.26. The number of ether oxygens (including phenoxy) is 2. The number of halogens is 1. The summed E-state index contributed by atoms with van der Waals surface area (Å²) < 4.78 is 10.6. The van der Waals surface area contributed by atoms with E-state index in [9.17, 15) is 0 Å². The monoisotopic (exact) mass is 285 g/mol. The van der Waals surface area contributed by atoms with Crippen molar-refractivity contribution in [3.8, 4) is 11.5 Å². The Balaban J connectivity index is 3.22. The normalized spacial score (nSPS) is 14.0. The molecule has 0 saturated carbocycles. The van der Waals surface area contributed by atoms with Crippen LogP contribution in [0.3, 0.4) is 0 Å². The number of hydrogen-bond donors (Lipinski definition) is 1. The first-order chi connectivity index (χ1) is 9.08. The molecule has 4 heteroatoms. The first-order valence-electron chi connectivity index (χ1n) is 6.73. The molecule has 3 nitrogen and oxygen atoms in total. The number of hydrogen-bond acceptors (Lipinski definition) is 3. The van der Waals surface area contributed by atoms with Crippen molar-refractivity contribution >= 4 is 11.6 Å². The minimum atomic E-state index is 0.224. The van der Waals surface area contributed by atoms with E-state index in [-0.39, 0.29) is 6.04 Å². The van der Waals surface area contributed by atoms with E-state index in [4.69, 9.17) is 21.1 Å².